The number of hydrogen-bond donors (Lipinski definition) is 1. The summed E-state index contributed by atoms with van der Waals surface area (Å²) in [5.74, 6) is -0.521. The van der Waals surface area contributed by atoms with E-state index >= 15 is 0 Å². The molecular formula is C19H24ClO5S-. The number of alkyl halides is 1. The predicted molar refractivity (Wildman–Crippen MR) is 98.7 cm³/mol. The van der Waals surface area contributed by atoms with Gasteiger partial charge in [0.25, 0.3) is 0 Å². The lowest BCUT2D eigenvalue weighted by atomic mass is 9.70. The van der Waals surface area contributed by atoms with Gasteiger partial charge in [-0.05, 0) is 61.7 Å². The van der Waals surface area contributed by atoms with Crippen LogP contribution in [0.5, 0.6) is 0 Å². The molecule has 0 radical (unpaired) electrons. The van der Waals surface area contributed by atoms with Crippen molar-refractivity contribution in [3.8, 4) is 0 Å². The molecule has 0 amide bonds. The number of aliphatic hydroxyl groups is 1. The van der Waals surface area contributed by atoms with Crippen LogP contribution in [-0.4, -0.2) is 40.6 Å². The third-order valence-electron chi connectivity index (χ3n) is 5.83. The van der Waals surface area contributed by atoms with Gasteiger partial charge >= 0.3 is 0 Å². The zero-order valence-corrected chi connectivity index (χ0v) is 16.1. The van der Waals surface area contributed by atoms with Crippen molar-refractivity contribution in [2.45, 2.75) is 61.7 Å². The fourth-order valence-electron chi connectivity index (χ4n) is 4.59. The maximum absolute atomic E-state index is 11.9. The highest BCUT2D eigenvalue weighted by atomic mass is 35.5. The summed E-state index contributed by atoms with van der Waals surface area (Å²) in [4.78, 5) is 11.5. The van der Waals surface area contributed by atoms with Gasteiger partial charge in [0.2, 0.25) is 0 Å². The van der Waals surface area contributed by atoms with Gasteiger partial charge in [0.15, 0.2) is 5.78 Å². The van der Waals surface area contributed by atoms with E-state index in [0.29, 0.717) is 25.7 Å². The summed E-state index contributed by atoms with van der Waals surface area (Å²) in [6, 6.07) is 0. The molecule has 3 aliphatic carbocycles. The number of carbonyl (C=O) groups excluding carboxylic acids is 1. The predicted octanol–water partition coefficient (Wildman–Crippen LogP) is 2.85. The van der Waals surface area contributed by atoms with E-state index in [0.717, 1.165) is 30.4 Å². The number of allylic oxidation sites excluding steroid dienone is 6. The molecule has 0 aromatic heterocycles. The van der Waals surface area contributed by atoms with Crippen LogP contribution in [0.3, 0.4) is 0 Å². The number of carbonyl (C=O) groups is 1. The van der Waals surface area contributed by atoms with E-state index in [1.54, 1.807) is 12.2 Å². The summed E-state index contributed by atoms with van der Waals surface area (Å²) >= 11 is 6.14. The van der Waals surface area contributed by atoms with Gasteiger partial charge in [-0.15, -0.1) is 11.6 Å². The van der Waals surface area contributed by atoms with Crippen molar-refractivity contribution in [2.24, 2.45) is 11.8 Å². The Bertz CT molecular complexity index is 734. The molecule has 0 saturated heterocycles. The van der Waals surface area contributed by atoms with Gasteiger partial charge in [-0.25, -0.2) is 8.42 Å². The molecule has 144 valence electrons. The molecule has 1 N–H and O–H groups in total. The SMILES string of the molecule is O=C1C=CC(=C(C2CCC(Cl)C(O)C2)C2CCCCC2S(=O)(=O)[O-])C=C1. The van der Waals surface area contributed by atoms with Gasteiger partial charge in [-0.1, -0.05) is 30.6 Å². The summed E-state index contributed by atoms with van der Waals surface area (Å²) in [5, 5.41) is 8.99. The number of ketones is 1. The Hall–Kier alpha value is -0.950. The van der Waals surface area contributed by atoms with Crippen LogP contribution >= 0.6 is 11.6 Å². The van der Waals surface area contributed by atoms with E-state index in [4.69, 9.17) is 11.6 Å². The summed E-state index contributed by atoms with van der Waals surface area (Å²) in [6.45, 7) is 0. The quantitative estimate of drug-likeness (QED) is 0.581. The lowest BCUT2D eigenvalue weighted by Crippen LogP contribution is -2.39. The van der Waals surface area contributed by atoms with E-state index < -0.39 is 21.5 Å². The highest BCUT2D eigenvalue weighted by molar-refractivity contribution is 7.86. The molecule has 2 fully saturated rings. The van der Waals surface area contributed by atoms with Crippen molar-refractivity contribution in [1.82, 2.24) is 0 Å². The number of halogens is 1. The van der Waals surface area contributed by atoms with E-state index in [1.807, 2.05) is 0 Å². The molecule has 5 atom stereocenters. The van der Waals surface area contributed by atoms with Crippen LogP contribution in [-0.2, 0) is 14.9 Å². The lowest BCUT2D eigenvalue weighted by molar-refractivity contribution is -0.110. The number of hydrogen-bond acceptors (Lipinski definition) is 5. The maximum Gasteiger partial charge on any atom is 0.178 e. The molecule has 2 saturated carbocycles. The first-order chi connectivity index (χ1) is 12.3. The Kier molecular flexibility index (Phi) is 6.07. The molecule has 5 unspecified atom stereocenters. The second-order valence-corrected chi connectivity index (χ2v) is 9.65. The molecule has 0 heterocycles. The van der Waals surface area contributed by atoms with Crippen LogP contribution in [0.1, 0.15) is 44.9 Å². The van der Waals surface area contributed by atoms with Crippen molar-refractivity contribution in [1.29, 1.82) is 0 Å². The van der Waals surface area contributed by atoms with Crippen LogP contribution in [0.25, 0.3) is 0 Å². The van der Waals surface area contributed by atoms with Crippen LogP contribution in [0.15, 0.2) is 35.5 Å². The Balaban J connectivity index is 2.03. The monoisotopic (exact) mass is 399 g/mol. The topological polar surface area (TPSA) is 94.5 Å². The minimum absolute atomic E-state index is 0.0372. The fraction of sp³-hybridized carbons (Fsp3) is 0.632. The standard InChI is InChI=1S/C19H25ClO5S/c20-16-10-7-13(11-17(16)22)19(12-5-8-14(21)9-6-12)15-3-1-2-4-18(15)26(23,24)25/h5-6,8-9,13,15-18,22H,1-4,7,10-11H2,(H,23,24,25)/p-1. The highest BCUT2D eigenvalue weighted by Gasteiger charge is 2.39. The fourth-order valence-corrected chi connectivity index (χ4v) is 5.96. The molecule has 0 aromatic carbocycles. The molecule has 0 spiro atoms. The van der Waals surface area contributed by atoms with E-state index in [1.165, 1.54) is 12.2 Å². The van der Waals surface area contributed by atoms with Crippen molar-refractivity contribution in [2.75, 3.05) is 0 Å². The Morgan fingerprint density at radius 2 is 1.73 bits per heavy atom. The van der Waals surface area contributed by atoms with Gasteiger partial charge in [0.05, 0.1) is 26.8 Å². The molecule has 3 aliphatic rings. The van der Waals surface area contributed by atoms with E-state index in [9.17, 15) is 22.9 Å². The van der Waals surface area contributed by atoms with Gasteiger partial charge in [-0.2, -0.15) is 0 Å². The lowest BCUT2D eigenvalue weighted by Gasteiger charge is -2.41. The molecule has 3 rings (SSSR count). The molecule has 0 aromatic rings. The van der Waals surface area contributed by atoms with Gasteiger partial charge < -0.3 is 9.66 Å². The van der Waals surface area contributed by atoms with Gasteiger partial charge in [0, 0.05) is 0 Å². The molecule has 0 aliphatic heterocycles. The Labute approximate surface area is 159 Å². The van der Waals surface area contributed by atoms with Crippen molar-refractivity contribution >= 4 is 27.5 Å². The smallest absolute Gasteiger partial charge is 0.178 e. The largest absolute Gasteiger partial charge is 0.748 e. The zero-order valence-electron chi connectivity index (χ0n) is 14.5. The first kappa shape index (κ1) is 19.8. The third-order valence-corrected chi connectivity index (χ3v) is 7.65. The van der Waals surface area contributed by atoms with E-state index in [-0.39, 0.29) is 23.0 Å². The minimum Gasteiger partial charge on any atom is -0.748 e. The van der Waals surface area contributed by atoms with Crippen LogP contribution in [0.2, 0.25) is 0 Å². The summed E-state index contributed by atoms with van der Waals surface area (Å²) in [5.41, 5.74) is 1.70. The minimum atomic E-state index is -4.42. The summed E-state index contributed by atoms with van der Waals surface area (Å²) in [7, 11) is -4.42. The molecule has 5 nitrogen and oxygen atoms in total. The normalized spacial score (nSPS) is 35.6. The second-order valence-electron chi connectivity index (χ2n) is 7.50. The molecule has 26 heavy (non-hydrogen) atoms. The third kappa shape index (κ3) is 4.30. The Morgan fingerprint density at radius 3 is 2.35 bits per heavy atom. The molecule has 7 heteroatoms. The van der Waals surface area contributed by atoms with Crippen LogP contribution in [0.4, 0.5) is 0 Å². The first-order valence-electron chi connectivity index (χ1n) is 9.18. The van der Waals surface area contributed by atoms with Crippen molar-refractivity contribution in [3.05, 3.63) is 35.5 Å². The number of rotatable bonds is 3. The van der Waals surface area contributed by atoms with Crippen LogP contribution in [0, 0.1) is 11.8 Å². The summed E-state index contributed by atoms with van der Waals surface area (Å²) in [6.07, 6.45) is 10.1. The average molecular weight is 400 g/mol. The van der Waals surface area contributed by atoms with Crippen LogP contribution < -0.4 is 0 Å². The summed E-state index contributed by atoms with van der Waals surface area (Å²) < 4.78 is 35.7. The molecular weight excluding hydrogens is 376 g/mol. The average Bonchev–Trinajstić information content (AvgIpc) is 2.59. The number of aliphatic hydroxyl groups excluding tert-OH is 1. The molecule has 0 bridgehead atoms. The van der Waals surface area contributed by atoms with Gasteiger partial charge in [0.1, 0.15) is 0 Å². The second kappa shape index (κ2) is 7.97. The van der Waals surface area contributed by atoms with Crippen molar-refractivity contribution < 1.29 is 22.9 Å². The van der Waals surface area contributed by atoms with Crippen molar-refractivity contribution in [3.63, 3.8) is 0 Å². The maximum atomic E-state index is 11.9. The zero-order chi connectivity index (χ0) is 18.9. The highest BCUT2D eigenvalue weighted by Crippen LogP contribution is 2.44. The first-order valence-corrected chi connectivity index (χ1v) is 11.1. The van der Waals surface area contributed by atoms with Gasteiger partial charge in [-0.3, -0.25) is 4.79 Å². The van der Waals surface area contributed by atoms with E-state index in [2.05, 4.69) is 0 Å². The Morgan fingerprint density at radius 1 is 1.08 bits per heavy atom.